The maximum Gasteiger partial charge on any atom is 0.279 e. The van der Waals surface area contributed by atoms with Gasteiger partial charge in [0.05, 0.1) is 20.4 Å². The first-order valence-electron chi connectivity index (χ1n) is 8.14. The van der Waals surface area contributed by atoms with Crippen molar-refractivity contribution in [3.8, 4) is 0 Å². The molecule has 0 atom stereocenters. The predicted octanol–water partition coefficient (Wildman–Crippen LogP) is 2.22. The highest BCUT2D eigenvalue weighted by molar-refractivity contribution is 7.89. The van der Waals surface area contributed by atoms with E-state index in [4.69, 9.17) is 11.6 Å². The molecule has 0 radical (unpaired) electrons. The molecule has 3 rings (SSSR count). The maximum absolute atomic E-state index is 12.4. The molecule has 10 heteroatoms. The van der Waals surface area contributed by atoms with Gasteiger partial charge in [-0.15, -0.1) is 11.3 Å². The predicted molar refractivity (Wildman–Crippen MR) is 104 cm³/mol. The van der Waals surface area contributed by atoms with Crippen molar-refractivity contribution in [3.63, 3.8) is 0 Å². The first-order valence-corrected chi connectivity index (χ1v) is 10.8. The first-order chi connectivity index (χ1) is 12.7. The van der Waals surface area contributed by atoms with Crippen molar-refractivity contribution in [2.24, 2.45) is 0 Å². The molecule has 0 unspecified atom stereocenters. The quantitative estimate of drug-likeness (QED) is 0.731. The summed E-state index contributed by atoms with van der Waals surface area (Å²) in [4.78, 5) is 26.3. The molecule has 0 saturated heterocycles. The van der Waals surface area contributed by atoms with Crippen LogP contribution < -0.4 is 10.9 Å². The molecule has 7 nitrogen and oxygen atoms in total. The van der Waals surface area contributed by atoms with Gasteiger partial charge in [0, 0.05) is 19.0 Å². The minimum atomic E-state index is -3.71. The average Bonchev–Trinajstić information content (AvgIpc) is 3.21. The van der Waals surface area contributed by atoms with E-state index < -0.39 is 21.8 Å². The summed E-state index contributed by atoms with van der Waals surface area (Å²) in [6, 6.07) is 5.67. The molecular weight excluding hydrogens is 410 g/mol. The third kappa shape index (κ3) is 4.01. The fourth-order valence-corrected chi connectivity index (χ4v) is 5.01. The number of hydrogen-bond donors (Lipinski definition) is 2. The van der Waals surface area contributed by atoms with Crippen molar-refractivity contribution in [1.29, 1.82) is 0 Å². The van der Waals surface area contributed by atoms with Crippen molar-refractivity contribution in [3.05, 3.63) is 50.2 Å². The van der Waals surface area contributed by atoms with Crippen molar-refractivity contribution >= 4 is 44.8 Å². The molecule has 0 aliphatic heterocycles. The SMILES string of the molecule is CN(C)S(=O)(=O)c1ccc(Cl)c(C(=O)NNC(=O)c2cc3c(s2)CCC3)c1. The molecular formula is C17H18ClN3O4S2. The smallest absolute Gasteiger partial charge is 0.267 e. The summed E-state index contributed by atoms with van der Waals surface area (Å²) in [5.74, 6) is -1.12. The lowest BCUT2D eigenvalue weighted by Crippen LogP contribution is -2.41. The summed E-state index contributed by atoms with van der Waals surface area (Å²) in [6.07, 6.45) is 3.04. The molecule has 27 heavy (non-hydrogen) atoms. The number of fused-ring (bicyclic) bond motifs is 1. The molecule has 144 valence electrons. The normalized spacial score (nSPS) is 13.5. The Morgan fingerprint density at radius 1 is 1.11 bits per heavy atom. The Morgan fingerprint density at radius 2 is 1.81 bits per heavy atom. The number of sulfonamides is 1. The summed E-state index contributed by atoms with van der Waals surface area (Å²) in [6.45, 7) is 0. The van der Waals surface area contributed by atoms with Crippen LogP contribution in [0.4, 0.5) is 0 Å². The number of amides is 2. The van der Waals surface area contributed by atoms with Gasteiger partial charge >= 0.3 is 0 Å². The van der Waals surface area contributed by atoms with Crippen LogP contribution in [0.3, 0.4) is 0 Å². The highest BCUT2D eigenvalue weighted by Gasteiger charge is 2.22. The fraction of sp³-hybridized carbons (Fsp3) is 0.294. The topological polar surface area (TPSA) is 95.6 Å². The van der Waals surface area contributed by atoms with Gasteiger partial charge in [0.25, 0.3) is 11.8 Å². The van der Waals surface area contributed by atoms with E-state index in [1.807, 2.05) is 6.07 Å². The summed E-state index contributed by atoms with van der Waals surface area (Å²) < 4.78 is 25.5. The Balaban J connectivity index is 1.73. The van der Waals surface area contributed by atoms with E-state index in [9.17, 15) is 18.0 Å². The molecule has 1 aliphatic carbocycles. The van der Waals surface area contributed by atoms with Gasteiger partial charge in [-0.2, -0.15) is 0 Å². The second kappa shape index (κ2) is 7.59. The molecule has 1 aliphatic rings. The molecule has 2 amide bonds. The van der Waals surface area contributed by atoms with Gasteiger partial charge in [0.15, 0.2) is 0 Å². The van der Waals surface area contributed by atoms with Crippen LogP contribution in [0.2, 0.25) is 5.02 Å². The number of halogens is 1. The van der Waals surface area contributed by atoms with Gasteiger partial charge in [-0.1, -0.05) is 11.6 Å². The molecule has 0 fully saturated rings. The summed E-state index contributed by atoms with van der Waals surface area (Å²) in [5, 5.41) is 0.0783. The van der Waals surface area contributed by atoms with Crippen LogP contribution in [-0.4, -0.2) is 38.6 Å². The molecule has 2 aromatic rings. The lowest BCUT2D eigenvalue weighted by Gasteiger charge is -2.13. The molecule has 1 aromatic carbocycles. The molecule has 1 aromatic heterocycles. The second-order valence-electron chi connectivity index (χ2n) is 6.25. The van der Waals surface area contributed by atoms with Gasteiger partial charge in [0.2, 0.25) is 10.0 Å². The fourth-order valence-electron chi connectivity index (χ4n) is 2.73. The van der Waals surface area contributed by atoms with E-state index in [0.29, 0.717) is 4.88 Å². The summed E-state index contributed by atoms with van der Waals surface area (Å²) in [7, 11) is -0.931. The zero-order valence-electron chi connectivity index (χ0n) is 14.7. The molecule has 0 spiro atoms. The van der Waals surface area contributed by atoms with Crippen LogP contribution >= 0.6 is 22.9 Å². The Morgan fingerprint density at radius 3 is 2.48 bits per heavy atom. The maximum atomic E-state index is 12.4. The number of thiophene rings is 1. The third-order valence-corrected chi connectivity index (χ3v) is 7.60. The zero-order chi connectivity index (χ0) is 19.8. The van der Waals surface area contributed by atoms with Gasteiger partial charge in [-0.05, 0) is 49.1 Å². The molecule has 1 heterocycles. The minimum absolute atomic E-state index is 0.0476. The highest BCUT2D eigenvalue weighted by atomic mass is 35.5. The molecule has 0 saturated carbocycles. The number of carbonyl (C=O) groups is 2. The largest absolute Gasteiger partial charge is 0.279 e. The zero-order valence-corrected chi connectivity index (χ0v) is 17.1. The van der Waals surface area contributed by atoms with Gasteiger partial charge in [-0.25, -0.2) is 12.7 Å². The number of aryl methyl sites for hydroxylation is 2. The third-order valence-electron chi connectivity index (χ3n) is 4.22. The standard InChI is InChI=1S/C17H18ClN3O4S2/c1-21(2)27(24,25)11-6-7-13(18)12(9-11)16(22)19-20-17(23)15-8-10-4-3-5-14(10)26-15/h6-9H,3-5H2,1-2H3,(H,19,22)(H,20,23). The van der Waals surface area contributed by atoms with Crippen molar-refractivity contribution in [2.75, 3.05) is 14.1 Å². The van der Waals surface area contributed by atoms with Gasteiger partial charge < -0.3 is 0 Å². The number of nitrogens with zero attached hydrogens (tertiary/aromatic N) is 1. The Labute approximate surface area is 166 Å². The summed E-state index contributed by atoms with van der Waals surface area (Å²) in [5.41, 5.74) is 5.77. The molecule has 2 N–H and O–H groups in total. The minimum Gasteiger partial charge on any atom is -0.267 e. The number of carbonyl (C=O) groups excluding carboxylic acids is 2. The van der Waals surface area contributed by atoms with Crippen molar-refractivity contribution in [2.45, 2.75) is 24.2 Å². The van der Waals surface area contributed by atoms with Gasteiger partial charge in [0.1, 0.15) is 0 Å². The van der Waals surface area contributed by atoms with Crippen LogP contribution in [0, 0.1) is 0 Å². The van der Waals surface area contributed by atoms with E-state index >= 15 is 0 Å². The molecule has 0 bridgehead atoms. The lowest BCUT2D eigenvalue weighted by atomic mass is 10.2. The number of hydrogen-bond acceptors (Lipinski definition) is 5. The number of benzene rings is 1. The van der Waals surface area contributed by atoms with Crippen LogP contribution in [0.15, 0.2) is 29.2 Å². The Bertz CT molecular complexity index is 994. The van der Waals surface area contributed by atoms with Crippen LogP contribution in [0.5, 0.6) is 0 Å². The van der Waals surface area contributed by atoms with E-state index in [1.54, 1.807) is 0 Å². The lowest BCUT2D eigenvalue weighted by molar-refractivity contribution is 0.0849. The van der Waals surface area contributed by atoms with E-state index in [-0.39, 0.29) is 15.5 Å². The number of rotatable bonds is 4. The monoisotopic (exact) mass is 427 g/mol. The van der Waals surface area contributed by atoms with Crippen molar-refractivity contribution < 1.29 is 18.0 Å². The summed E-state index contributed by atoms with van der Waals surface area (Å²) >= 11 is 7.44. The number of hydrazine groups is 1. The Hall–Kier alpha value is -1.94. The second-order valence-corrected chi connectivity index (χ2v) is 9.95. The van der Waals surface area contributed by atoms with Crippen molar-refractivity contribution in [1.82, 2.24) is 15.2 Å². The average molecular weight is 428 g/mol. The number of nitrogens with one attached hydrogen (secondary N) is 2. The van der Waals surface area contributed by atoms with E-state index in [2.05, 4.69) is 10.9 Å². The van der Waals surface area contributed by atoms with Crippen LogP contribution in [0.25, 0.3) is 0 Å². The highest BCUT2D eigenvalue weighted by Crippen LogP contribution is 2.30. The van der Waals surface area contributed by atoms with Crippen LogP contribution in [0.1, 0.15) is 36.9 Å². The Kier molecular flexibility index (Phi) is 5.57. The van der Waals surface area contributed by atoms with Gasteiger partial charge in [-0.3, -0.25) is 20.4 Å². The first kappa shape index (κ1) is 19.8. The van der Waals surface area contributed by atoms with E-state index in [0.717, 1.165) is 23.6 Å². The van der Waals surface area contributed by atoms with Crippen LogP contribution in [-0.2, 0) is 22.9 Å². The van der Waals surface area contributed by atoms with E-state index in [1.165, 1.54) is 54.1 Å².